The predicted molar refractivity (Wildman–Crippen MR) is 108 cm³/mol. The number of methoxy groups -OCH3 is 1. The maximum atomic E-state index is 13.6. The molecule has 1 aromatic rings. The second-order valence-corrected chi connectivity index (χ2v) is 8.62. The van der Waals surface area contributed by atoms with Gasteiger partial charge in [0, 0.05) is 25.3 Å². The zero-order valence-electron chi connectivity index (χ0n) is 16.9. The largest absolute Gasteiger partial charge is 0.383 e. The number of fused-ring (bicyclic) bond motifs is 1. The van der Waals surface area contributed by atoms with Gasteiger partial charge in [0.15, 0.2) is 0 Å². The fourth-order valence-electron chi connectivity index (χ4n) is 5.71. The molecule has 1 N–H and O–H groups in total. The van der Waals surface area contributed by atoms with E-state index in [0.717, 1.165) is 44.1 Å². The maximum absolute atomic E-state index is 13.6. The van der Waals surface area contributed by atoms with Gasteiger partial charge in [-0.05, 0) is 37.3 Å². The molecule has 2 fully saturated rings. The summed E-state index contributed by atoms with van der Waals surface area (Å²) in [7, 11) is 1.66. The van der Waals surface area contributed by atoms with Crippen molar-refractivity contribution in [3.8, 4) is 0 Å². The van der Waals surface area contributed by atoms with Crippen LogP contribution in [-0.4, -0.2) is 48.6 Å². The van der Waals surface area contributed by atoms with Gasteiger partial charge < -0.3 is 15.0 Å². The Hall–Kier alpha value is -1.88. The minimum absolute atomic E-state index is 0.0521. The zero-order chi connectivity index (χ0) is 19.6. The highest BCUT2D eigenvalue weighted by atomic mass is 16.5. The first kappa shape index (κ1) is 19.4. The van der Waals surface area contributed by atoms with Gasteiger partial charge in [-0.1, -0.05) is 50.3 Å². The maximum Gasteiger partial charge on any atom is 0.254 e. The summed E-state index contributed by atoms with van der Waals surface area (Å²) in [6, 6.07) is 8.00. The van der Waals surface area contributed by atoms with Crippen molar-refractivity contribution in [1.82, 2.24) is 10.2 Å². The molecule has 0 aromatic heterocycles. The van der Waals surface area contributed by atoms with Crippen molar-refractivity contribution >= 4 is 11.8 Å². The Bertz CT molecular complexity index is 720. The van der Waals surface area contributed by atoms with Crippen LogP contribution in [0.3, 0.4) is 0 Å². The van der Waals surface area contributed by atoms with Gasteiger partial charge in [0.1, 0.15) is 0 Å². The second kappa shape index (κ2) is 8.24. The van der Waals surface area contributed by atoms with Gasteiger partial charge >= 0.3 is 0 Å². The zero-order valence-corrected chi connectivity index (χ0v) is 16.9. The van der Waals surface area contributed by atoms with Crippen LogP contribution in [0.5, 0.6) is 0 Å². The van der Waals surface area contributed by atoms with Gasteiger partial charge in [-0.15, -0.1) is 0 Å². The molecule has 0 unspecified atom stereocenters. The average molecular weight is 385 g/mol. The van der Waals surface area contributed by atoms with Crippen LogP contribution in [0.4, 0.5) is 0 Å². The Morgan fingerprint density at radius 1 is 1.14 bits per heavy atom. The Kier molecular flexibility index (Phi) is 5.72. The van der Waals surface area contributed by atoms with Crippen LogP contribution in [0.15, 0.2) is 24.3 Å². The van der Waals surface area contributed by atoms with Crippen molar-refractivity contribution in [2.45, 2.75) is 75.3 Å². The van der Waals surface area contributed by atoms with Gasteiger partial charge in [-0.3, -0.25) is 9.59 Å². The van der Waals surface area contributed by atoms with Gasteiger partial charge in [0.2, 0.25) is 5.91 Å². The lowest BCUT2D eigenvalue weighted by atomic mass is 9.71. The highest BCUT2D eigenvalue weighted by Crippen LogP contribution is 2.50. The lowest BCUT2D eigenvalue weighted by Crippen LogP contribution is -2.61. The summed E-state index contributed by atoms with van der Waals surface area (Å²) in [4.78, 5) is 29.0. The summed E-state index contributed by atoms with van der Waals surface area (Å²) >= 11 is 0. The Balaban J connectivity index is 1.72. The molecule has 5 nitrogen and oxygen atoms in total. The molecule has 1 heterocycles. The lowest BCUT2D eigenvalue weighted by molar-refractivity contribution is -0.127. The van der Waals surface area contributed by atoms with E-state index in [-0.39, 0.29) is 23.8 Å². The molecule has 3 aliphatic rings. The predicted octanol–water partition coefficient (Wildman–Crippen LogP) is 3.63. The number of hydrogen-bond donors (Lipinski definition) is 1. The molecule has 4 rings (SSSR count). The molecular formula is C23H32N2O3. The fourth-order valence-corrected chi connectivity index (χ4v) is 5.71. The molecular weight excluding hydrogens is 352 g/mol. The summed E-state index contributed by atoms with van der Waals surface area (Å²) < 4.78 is 5.31. The third-order valence-corrected chi connectivity index (χ3v) is 7.02. The molecule has 5 heteroatoms. The van der Waals surface area contributed by atoms with Gasteiger partial charge in [-0.25, -0.2) is 0 Å². The van der Waals surface area contributed by atoms with E-state index in [0.29, 0.717) is 18.7 Å². The summed E-state index contributed by atoms with van der Waals surface area (Å²) in [6.07, 6.45) is 9.68. The number of hydrogen-bond acceptors (Lipinski definition) is 3. The molecule has 0 radical (unpaired) electrons. The van der Waals surface area contributed by atoms with Crippen molar-refractivity contribution < 1.29 is 14.3 Å². The van der Waals surface area contributed by atoms with E-state index in [2.05, 4.69) is 5.32 Å². The first-order valence-electron chi connectivity index (χ1n) is 10.9. The van der Waals surface area contributed by atoms with Crippen molar-refractivity contribution in [2.75, 3.05) is 20.3 Å². The highest BCUT2D eigenvalue weighted by molar-refractivity contribution is 6.02. The monoisotopic (exact) mass is 384 g/mol. The number of benzene rings is 1. The number of ether oxygens (including phenoxy) is 1. The normalized spacial score (nSPS) is 24.4. The molecule has 1 aliphatic heterocycles. The minimum atomic E-state index is -0.414. The number of amides is 2. The van der Waals surface area contributed by atoms with Crippen molar-refractivity contribution in [3.63, 3.8) is 0 Å². The standard InChI is InChI=1S/C23H32N2O3/c1-28-16-15-25-22(27)19-12-6-5-11-18(19)20(23(25)13-7-8-14-23)21(26)24-17-9-3-2-4-10-17/h5-6,11-12,17,20H,2-4,7-10,13-16H2,1H3,(H,24,26)/t20-/m0/s1. The molecule has 28 heavy (non-hydrogen) atoms. The van der Waals surface area contributed by atoms with Crippen molar-refractivity contribution in [2.24, 2.45) is 0 Å². The van der Waals surface area contributed by atoms with Crippen LogP contribution in [-0.2, 0) is 9.53 Å². The Labute approximate surface area is 167 Å². The van der Waals surface area contributed by atoms with E-state index in [1.165, 1.54) is 19.3 Å². The van der Waals surface area contributed by atoms with E-state index in [1.807, 2.05) is 29.2 Å². The van der Waals surface area contributed by atoms with Gasteiger partial charge in [0.05, 0.1) is 18.1 Å². The first-order chi connectivity index (χ1) is 13.7. The third kappa shape index (κ3) is 3.34. The topological polar surface area (TPSA) is 58.6 Å². The summed E-state index contributed by atoms with van der Waals surface area (Å²) in [6.45, 7) is 1.03. The summed E-state index contributed by atoms with van der Waals surface area (Å²) in [5, 5.41) is 3.36. The SMILES string of the molecule is COCCN1C(=O)c2ccccc2[C@@H](C(=O)NC2CCCCC2)C12CCCC2. The fraction of sp³-hybridized carbons (Fsp3) is 0.652. The lowest BCUT2D eigenvalue weighted by Gasteiger charge is -2.50. The summed E-state index contributed by atoms with van der Waals surface area (Å²) in [5.41, 5.74) is 1.18. The average Bonchev–Trinajstić information content (AvgIpc) is 3.18. The second-order valence-electron chi connectivity index (χ2n) is 8.62. The van der Waals surface area contributed by atoms with E-state index in [9.17, 15) is 9.59 Å². The molecule has 1 spiro atoms. The summed E-state index contributed by atoms with van der Waals surface area (Å²) in [5.74, 6) is -0.130. The van der Waals surface area contributed by atoms with E-state index in [1.54, 1.807) is 7.11 Å². The smallest absolute Gasteiger partial charge is 0.254 e. The van der Waals surface area contributed by atoms with Crippen LogP contribution in [0, 0.1) is 0 Å². The molecule has 0 bridgehead atoms. The van der Waals surface area contributed by atoms with Crippen LogP contribution in [0.25, 0.3) is 0 Å². The molecule has 152 valence electrons. The molecule has 1 aromatic carbocycles. The number of nitrogens with zero attached hydrogens (tertiary/aromatic N) is 1. The van der Waals surface area contributed by atoms with Crippen LogP contribution >= 0.6 is 0 Å². The highest BCUT2D eigenvalue weighted by Gasteiger charge is 2.55. The minimum Gasteiger partial charge on any atom is -0.383 e. The molecule has 1 atom stereocenters. The van der Waals surface area contributed by atoms with Gasteiger partial charge in [-0.2, -0.15) is 0 Å². The first-order valence-corrected chi connectivity index (χ1v) is 10.9. The number of carbonyl (C=O) groups is 2. The number of nitrogens with one attached hydrogen (secondary N) is 1. The number of rotatable bonds is 5. The van der Waals surface area contributed by atoms with Crippen LogP contribution in [0.1, 0.15) is 79.6 Å². The van der Waals surface area contributed by atoms with E-state index >= 15 is 0 Å². The molecule has 2 amide bonds. The third-order valence-electron chi connectivity index (χ3n) is 7.02. The van der Waals surface area contributed by atoms with E-state index in [4.69, 9.17) is 4.74 Å². The number of carbonyl (C=O) groups excluding carboxylic acids is 2. The Morgan fingerprint density at radius 2 is 1.86 bits per heavy atom. The van der Waals surface area contributed by atoms with Crippen molar-refractivity contribution in [3.05, 3.63) is 35.4 Å². The quantitative estimate of drug-likeness (QED) is 0.843. The molecule has 2 aliphatic carbocycles. The van der Waals surface area contributed by atoms with Crippen LogP contribution < -0.4 is 5.32 Å². The molecule has 2 saturated carbocycles. The molecule has 0 saturated heterocycles. The van der Waals surface area contributed by atoms with Crippen LogP contribution in [0.2, 0.25) is 0 Å². The Morgan fingerprint density at radius 3 is 2.57 bits per heavy atom. The van der Waals surface area contributed by atoms with Gasteiger partial charge in [0.25, 0.3) is 5.91 Å². The van der Waals surface area contributed by atoms with Crippen molar-refractivity contribution in [1.29, 1.82) is 0 Å². The van der Waals surface area contributed by atoms with E-state index < -0.39 is 5.54 Å².